The molecule has 0 aliphatic heterocycles. The van der Waals surface area contributed by atoms with Gasteiger partial charge in [0.2, 0.25) is 0 Å². The van der Waals surface area contributed by atoms with Crippen molar-refractivity contribution in [2.24, 2.45) is 0 Å². The van der Waals surface area contributed by atoms with Crippen molar-refractivity contribution < 1.29 is 9.90 Å². The fourth-order valence-corrected chi connectivity index (χ4v) is 2.07. The molecule has 3 nitrogen and oxygen atoms in total. The van der Waals surface area contributed by atoms with Crippen molar-refractivity contribution in [3.05, 3.63) is 58.8 Å². The summed E-state index contributed by atoms with van der Waals surface area (Å²) in [6.45, 7) is 0. The summed E-state index contributed by atoms with van der Waals surface area (Å²) in [5.41, 5.74) is 0.992. The van der Waals surface area contributed by atoms with E-state index in [0.29, 0.717) is 0 Å². The normalized spacial score (nSPS) is 12.3. The minimum atomic E-state index is -0.799. The Kier molecular flexibility index (Phi) is 3.64. The molecule has 1 N–H and O–H groups in total. The maximum atomic E-state index is 10.9. The highest BCUT2D eigenvalue weighted by Crippen LogP contribution is 2.23. The number of carboxylic acids is 1. The Labute approximate surface area is 108 Å². The molecule has 2 aromatic rings. The van der Waals surface area contributed by atoms with Gasteiger partial charge < -0.3 is 9.67 Å². The molecule has 0 radical (unpaired) electrons. The fraction of sp³-hybridized carbons (Fsp3) is 0.154. The first kappa shape index (κ1) is 11.9. The van der Waals surface area contributed by atoms with E-state index >= 15 is 0 Å². The topological polar surface area (TPSA) is 42.2 Å². The number of rotatable bonds is 4. The predicted molar refractivity (Wildman–Crippen MR) is 69.0 cm³/mol. The average Bonchev–Trinajstić information content (AvgIpc) is 2.80. The second-order valence-electron chi connectivity index (χ2n) is 3.80. The van der Waals surface area contributed by atoms with Gasteiger partial charge in [0, 0.05) is 16.9 Å². The Hall–Kier alpha value is -1.55. The molecule has 0 amide bonds. The molecule has 1 aromatic carbocycles. The smallest absolute Gasteiger partial charge is 0.305 e. The Morgan fingerprint density at radius 3 is 2.35 bits per heavy atom. The largest absolute Gasteiger partial charge is 0.481 e. The van der Waals surface area contributed by atoms with Gasteiger partial charge in [-0.25, -0.2) is 0 Å². The lowest BCUT2D eigenvalue weighted by atomic mass is 10.0. The van der Waals surface area contributed by atoms with Crippen molar-refractivity contribution in [1.29, 1.82) is 0 Å². The van der Waals surface area contributed by atoms with Crippen molar-refractivity contribution in [3.8, 4) is 0 Å². The molecule has 4 heteroatoms. The van der Waals surface area contributed by atoms with Crippen molar-refractivity contribution in [3.63, 3.8) is 0 Å². The van der Waals surface area contributed by atoms with E-state index in [4.69, 9.17) is 5.11 Å². The zero-order chi connectivity index (χ0) is 12.3. The van der Waals surface area contributed by atoms with Crippen LogP contribution in [0, 0.1) is 0 Å². The number of carbonyl (C=O) groups is 1. The second kappa shape index (κ2) is 5.19. The first-order valence-electron chi connectivity index (χ1n) is 5.26. The zero-order valence-electron chi connectivity index (χ0n) is 9.08. The lowest BCUT2D eigenvalue weighted by molar-refractivity contribution is -0.137. The van der Waals surface area contributed by atoms with Gasteiger partial charge >= 0.3 is 5.97 Å². The number of nitrogens with zero attached hydrogens (tertiary/aromatic N) is 1. The van der Waals surface area contributed by atoms with Crippen LogP contribution >= 0.6 is 15.9 Å². The summed E-state index contributed by atoms with van der Waals surface area (Å²) >= 11 is 3.37. The molecule has 1 heterocycles. The van der Waals surface area contributed by atoms with Crippen molar-refractivity contribution in [1.82, 2.24) is 4.57 Å². The highest BCUT2D eigenvalue weighted by atomic mass is 79.9. The third-order valence-corrected chi connectivity index (χ3v) is 3.14. The van der Waals surface area contributed by atoms with Crippen molar-refractivity contribution in [2.75, 3.05) is 0 Å². The molecule has 17 heavy (non-hydrogen) atoms. The maximum absolute atomic E-state index is 10.9. The van der Waals surface area contributed by atoms with Gasteiger partial charge in [0.1, 0.15) is 0 Å². The van der Waals surface area contributed by atoms with Crippen LogP contribution in [0.4, 0.5) is 0 Å². The van der Waals surface area contributed by atoms with Crippen LogP contribution in [0.3, 0.4) is 0 Å². The Bertz CT molecular complexity index is 491. The number of hydrogen-bond acceptors (Lipinski definition) is 1. The number of aromatic nitrogens is 1. The molecule has 0 aliphatic rings. The first-order chi connectivity index (χ1) is 8.16. The Balaban J connectivity index is 2.33. The first-order valence-corrected chi connectivity index (χ1v) is 6.06. The zero-order valence-corrected chi connectivity index (χ0v) is 10.7. The summed E-state index contributed by atoms with van der Waals surface area (Å²) in [4.78, 5) is 10.9. The molecule has 88 valence electrons. The summed E-state index contributed by atoms with van der Waals surface area (Å²) < 4.78 is 2.90. The van der Waals surface area contributed by atoms with E-state index in [0.717, 1.165) is 10.0 Å². The molecule has 0 saturated heterocycles. The fourth-order valence-electron chi connectivity index (χ4n) is 1.80. The van der Waals surface area contributed by atoms with E-state index in [9.17, 15) is 4.79 Å². The molecular weight excluding hydrogens is 282 g/mol. The van der Waals surface area contributed by atoms with Crippen LogP contribution in [-0.4, -0.2) is 15.6 Å². The van der Waals surface area contributed by atoms with Crippen LogP contribution in [0.15, 0.2) is 53.3 Å². The van der Waals surface area contributed by atoms with Crippen molar-refractivity contribution >= 4 is 21.9 Å². The minimum absolute atomic E-state index is 0.0797. The summed E-state index contributed by atoms with van der Waals surface area (Å²) in [5, 5.41) is 8.98. The van der Waals surface area contributed by atoms with Gasteiger partial charge in [0.15, 0.2) is 0 Å². The molecule has 0 saturated carbocycles. The Morgan fingerprint density at radius 1 is 1.24 bits per heavy atom. The SMILES string of the molecule is O=C(O)CC(c1ccc(Br)cc1)n1cccc1. The van der Waals surface area contributed by atoms with Crippen LogP contribution in [-0.2, 0) is 4.79 Å². The third-order valence-electron chi connectivity index (χ3n) is 2.61. The number of hydrogen-bond donors (Lipinski definition) is 1. The summed E-state index contributed by atoms with van der Waals surface area (Å²) in [5.74, 6) is -0.799. The number of halogens is 1. The van der Waals surface area contributed by atoms with Gasteiger partial charge in [0.25, 0.3) is 0 Å². The quantitative estimate of drug-likeness (QED) is 0.940. The van der Waals surface area contributed by atoms with Gasteiger partial charge in [-0.3, -0.25) is 4.79 Å². The van der Waals surface area contributed by atoms with E-state index in [2.05, 4.69) is 15.9 Å². The highest BCUT2D eigenvalue weighted by Gasteiger charge is 2.16. The second-order valence-corrected chi connectivity index (χ2v) is 4.71. The molecule has 0 bridgehead atoms. The van der Waals surface area contributed by atoms with Gasteiger partial charge in [-0.1, -0.05) is 28.1 Å². The molecule has 1 atom stereocenters. The van der Waals surface area contributed by atoms with Gasteiger partial charge in [-0.05, 0) is 29.8 Å². The predicted octanol–water partition coefficient (Wildman–Crippen LogP) is 3.31. The summed E-state index contributed by atoms with van der Waals surface area (Å²) in [6, 6.07) is 11.4. The highest BCUT2D eigenvalue weighted by molar-refractivity contribution is 9.10. The van der Waals surface area contributed by atoms with E-state index in [1.807, 2.05) is 53.4 Å². The van der Waals surface area contributed by atoms with E-state index in [1.165, 1.54) is 0 Å². The molecule has 0 aliphatic carbocycles. The molecule has 2 rings (SSSR count). The van der Waals surface area contributed by atoms with Crippen LogP contribution in [0.5, 0.6) is 0 Å². The number of aliphatic carboxylic acids is 1. The van der Waals surface area contributed by atoms with Crippen LogP contribution in [0.25, 0.3) is 0 Å². The lowest BCUT2D eigenvalue weighted by Gasteiger charge is -2.17. The monoisotopic (exact) mass is 293 g/mol. The summed E-state index contributed by atoms with van der Waals surface area (Å²) in [6.07, 6.45) is 3.85. The average molecular weight is 294 g/mol. The van der Waals surface area contributed by atoms with E-state index in [-0.39, 0.29) is 12.5 Å². The van der Waals surface area contributed by atoms with Crippen LogP contribution < -0.4 is 0 Å². The van der Waals surface area contributed by atoms with Gasteiger partial charge in [-0.15, -0.1) is 0 Å². The molecule has 1 unspecified atom stereocenters. The maximum Gasteiger partial charge on any atom is 0.305 e. The Morgan fingerprint density at radius 2 is 1.82 bits per heavy atom. The molecule has 1 aromatic heterocycles. The van der Waals surface area contributed by atoms with Crippen LogP contribution in [0.1, 0.15) is 18.0 Å². The standard InChI is InChI=1S/C13H12BrNO2/c14-11-5-3-10(4-6-11)12(9-13(16)17)15-7-1-2-8-15/h1-8,12H,9H2,(H,16,17). The number of carboxylic acid groups (broad SMARTS) is 1. The third kappa shape index (κ3) is 2.97. The number of benzene rings is 1. The molecule has 0 spiro atoms. The molecular formula is C13H12BrNO2. The lowest BCUT2D eigenvalue weighted by Crippen LogP contribution is -2.13. The van der Waals surface area contributed by atoms with Gasteiger partial charge in [-0.2, -0.15) is 0 Å². The van der Waals surface area contributed by atoms with Gasteiger partial charge in [0.05, 0.1) is 12.5 Å². The molecule has 0 fully saturated rings. The van der Waals surface area contributed by atoms with Crippen LogP contribution in [0.2, 0.25) is 0 Å². The van der Waals surface area contributed by atoms with E-state index in [1.54, 1.807) is 0 Å². The van der Waals surface area contributed by atoms with Crippen molar-refractivity contribution in [2.45, 2.75) is 12.5 Å². The van der Waals surface area contributed by atoms with E-state index < -0.39 is 5.97 Å². The minimum Gasteiger partial charge on any atom is -0.481 e. The summed E-state index contributed by atoms with van der Waals surface area (Å²) in [7, 11) is 0.